The van der Waals surface area contributed by atoms with E-state index < -0.39 is 5.97 Å². The van der Waals surface area contributed by atoms with Crippen LogP contribution in [-0.2, 0) is 11.2 Å². The van der Waals surface area contributed by atoms with Gasteiger partial charge in [-0.3, -0.25) is 4.79 Å². The molecule has 0 aliphatic carbocycles. The van der Waals surface area contributed by atoms with Crippen molar-refractivity contribution in [2.24, 2.45) is 0 Å². The van der Waals surface area contributed by atoms with Crippen molar-refractivity contribution in [2.75, 3.05) is 7.11 Å². The minimum atomic E-state index is -0.918. The summed E-state index contributed by atoms with van der Waals surface area (Å²) in [6.07, 6.45) is 1.56. The highest BCUT2D eigenvalue weighted by Crippen LogP contribution is 2.25. The molecule has 0 radical (unpaired) electrons. The molecule has 1 N–H and O–H groups in total. The lowest BCUT2D eigenvalue weighted by atomic mass is 10.3. The molecular weight excluding hydrogens is 256 g/mol. The number of carboxylic acids is 1. The molecule has 1 heterocycles. The monoisotopic (exact) mass is 266 g/mol. The number of aliphatic carboxylic acids is 1. The van der Waals surface area contributed by atoms with Crippen LogP contribution in [0.15, 0.2) is 30.5 Å². The second kappa shape index (κ2) is 5.10. The number of benzene rings is 1. The van der Waals surface area contributed by atoms with Gasteiger partial charge in [0.15, 0.2) is 0 Å². The van der Waals surface area contributed by atoms with Crippen molar-refractivity contribution in [1.82, 2.24) is 9.78 Å². The van der Waals surface area contributed by atoms with E-state index in [0.29, 0.717) is 22.2 Å². The van der Waals surface area contributed by atoms with E-state index in [1.54, 1.807) is 42.3 Å². The van der Waals surface area contributed by atoms with Gasteiger partial charge in [-0.25, -0.2) is 4.68 Å². The molecule has 0 fully saturated rings. The summed E-state index contributed by atoms with van der Waals surface area (Å²) in [7, 11) is 1.55. The molecule has 0 amide bonds. The number of nitrogens with zero attached hydrogens (tertiary/aromatic N) is 2. The van der Waals surface area contributed by atoms with Crippen molar-refractivity contribution in [3.8, 4) is 11.4 Å². The first-order valence-electron chi connectivity index (χ1n) is 5.20. The Morgan fingerprint density at radius 1 is 1.50 bits per heavy atom. The van der Waals surface area contributed by atoms with Crippen LogP contribution in [0.25, 0.3) is 5.69 Å². The second-order valence-corrected chi connectivity index (χ2v) is 4.07. The maximum atomic E-state index is 10.6. The number of methoxy groups -OCH3 is 1. The SMILES string of the molecule is COc1ccc(Cl)cc1-n1ccc(CC(=O)O)n1. The summed E-state index contributed by atoms with van der Waals surface area (Å²) in [5.41, 5.74) is 1.14. The van der Waals surface area contributed by atoms with Crippen LogP contribution in [0.3, 0.4) is 0 Å². The zero-order chi connectivity index (χ0) is 13.1. The summed E-state index contributed by atoms with van der Waals surface area (Å²) >= 11 is 5.92. The first kappa shape index (κ1) is 12.4. The fourth-order valence-electron chi connectivity index (χ4n) is 1.59. The maximum Gasteiger partial charge on any atom is 0.309 e. The van der Waals surface area contributed by atoms with Gasteiger partial charge in [0.1, 0.15) is 11.4 Å². The van der Waals surface area contributed by atoms with Gasteiger partial charge in [-0.2, -0.15) is 5.10 Å². The van der Waals surface area contributed by atoms with E-state index in [9.17, 15) is 4.79 Å². The summed E-state index contributed by atoms with van der Waals surface area (Å²) in [6.45, 7) is 0. The van der Waals surface area contributed by atoms with E-state index >= 15 is 0 Å². The normalized spacial score (nSPS) is 10.3. The summed E-state index contributed by atoms with van der Waals surface area (Å²) in [5.74, 6) is -0.303. The Morgan fingerprint density at radius 3 is 2.94 bits per heavy atom. The zero-order valence-corrected chi connectivity index (χ0v) is 10.4. The number of carboxylic acid groups (broad SMARTS) is 1. The maximum absolute atomic E-state index is 10.6. The molecule has 0 aliphatic rings. The third-order valence-electron chi connectivity index (χ3n) is 2.36. The Balaban J connectivity index is 2.38. The Kier molecular flexibility index (Phi) is 3.53. The smallest absolute Gasteiger partial charge is 0.309 e. The van der Waals surface area contributed by atoms with Crippen LogP contribution in [-0.4, -0.2) is 28.0 Å². The zero-order valence-electron chi connectivity index (χ0n) is 9.63. The highest BCUT2D eigenvalue weighted by atomic mass is 35.5. The lowest BCUT2D eigenvalue weighted by Crippen LogP contribution is -2.03. The molecule has 94 valence electrons. The molecule has 0 saturated carbocycles. The van der Waals surface area contributed by atoms with Gasteiger partial charge in [0.25, 0.3) is 0 Å². The van der Waals surface area contributed by atoms with Gasteiger partial charge in [-0.05, 0) is 24.3 Å². The Bertz CT molecular complexity index is 580. The minimum absolute atomic E-state index is 0.115. The summed E-state index contributed by atoms with van der Waals surface area (Å²) in [5, 5.41) is 13.4. The van der Waals surface area contributed by atoms with Gasteiger partial charge >= 0.3 is 5.97 Å². The standard InChI is InChI=1S/C12H11ClN2O3/c1-18-11-3-2-8(13)6-10(11)15-5-4-9(14-15)7-12(16)17/h2-6H,7H2,1H3,(H,16,17). The number of hydrogen-bond donors (Lipinski definition) is 1. The third kappa shape index (κ3) is 2.62. The molecule has 2 rings (SSSR count). The van der Waals surface area contributed by atoms with Crippen LogP contribution in [0, 0.1) is 0 Å². The van der Waals surface area contributed by atoms with Crippen LogP contribution < -0.4 is 4.74 Å². The molecule has 6 heteroatoms. The summed E-state index contributed by atoms with van der Waals surface area (Å²) < 4.78 is 6.75. The van der Waals surface area contributed by atoms with Crippen LogP contribution in [0.5, 0.6) is 5.75 Å². The summed E-state index contributed by atoms with van der Waals surface area (Å²) in [4.78, 5) is 10.6. The van der Waals surface area contributed by atoms with Crippen LogP contribution in [0.4, 0.5) is 0 Å². The first-order chi connectivity index (χ1) is 8.60. The number of hydrogen-bond acceptors (Lipinski definition) is 3. The molecule has 0 aliphatic heterocycles. The highest BCUT2D eigenvalue weighted by molar-refractivity contribution is 6.30. The molecule has 1 aromatic heterocycles. The van der Waals surface area contributed by atoms with E-state index in [2.05, 4.69) is 5.10 Å². The Labute approximate surface area is 109 Å². The molecule has 1 aromatic carbocycles. The van der Waals surface area contributed by atoms with E-state index in [1.807, 2.05) is 0 Å². The number of carbonyl (C=O) groups is 1. The van der Waals surface area contributed by atoms with Crippen molar-refractivity contribution < 1.29 is 14.6 Å². The first-order valence-corrected chi connectivity index (χ1v) is 5.58. The average molecular weight is 267 g/mol. The van der Waals surface area contributed by atoms with Crippen LogP contribution in [0.2, 0.25) is 5.02 Å². The number of aromatic nitrogens is 2. The molecule has 0 atom stereocenters. The third-order valence-corrected chi connectivity index (χ3v) is 2.60. The fraction of sp³-hybridized carbons (Fsp3) is 0.167. The predicted molar refractivity (Wildman–Crippen MR) is 66.5 cm³/mol. The minimum Gasteiger partial charge on any atom is -0.494 e. The molecule has 0 unspecified atom stereocenters. The fourth-order valence-corrected chi connectivity index (χ4v) is 1.75. The van der Waals surface area contributed by atoms with Crippen LogP contribution in [0.1, 0.15) is 5.69 Å². The highest BCUT2D eigenvalue weighted by Gasteiger charge is 2.09. The van der Waals surface area contributed by atoms with E-state index in [-0.39, 0.29) is 6.42 Å². The van der Waals surface area contributed by atoms with Crippen molar-refractivity contribution >= 4 is 17.6 Å². The van der Waals surface area contributed by atoms with E-state index in [0.717, 1.165) is 0 Å². The molecule has 0 spiro atoms. The lowest BCUT2D eigenvalue weighted by molar-refractivity contribution is -0.136. The van der Waals surface area contributed by atoms with Gasteiger partial charge in [-0.15, -0.1) is 0 Å². The second-order valence-electron chi connectivity index (χ2n) is 3.64. The number of rotatable bonds is 4. The number of halogens is 1. The Hall–Kier alpha value is -2.01. The molecule has 5 nitrogen and oxygen atoms in total. The molecule has 0 bridgehead atoms. The lowest BCUT2D eigenvalue weighted by Gasteiger charge is -2.08. The van der Waals surface area contributed by atoms with Gasteiger partial charge in [0.05, 0.1) is 19.2 Å². The van der Waals surface area contributed by atoms with Crippen molar-refractivity contribution in [1.29, 1.82) is 0 Å². The van der Waals surface area contributed by atoms with Gasteiger partial charge in [-0.1, -0.05) is 11.6 Å². The summed E-state index contributed by atoms with van der Waals surface area (Å²) in [6, 6.07) is 6.80. The Morgan fingerprint density at radius 2 is 2.28 bits per heavy atom. The quantitative estimate of drug-likeness (QED) is 0.921. The van der Waals surface area contributed by atoms with Gasteiger partial charge < -0.3 is 9.84 Å². The average Bonchev–Trinajstić information content (AvgIpc) is 2.76. The molecule has 18 heavy (non-hydrogen) atoms. The molecule has 0 saturated heterocycles. The van der Waals surface area contributed by atoms with Crippen molar-refractivity contribution in [3.05, 3.63) is 41.2 Å². The van der Waals surface area contributed by atoms with E-state index in [4.69, 9.17) is 21.4 Å². The van der Waals surface area contributed by atoms with Crippen LogP contribution >= 0.6 is 11.6 Å². The predicted octanol–water partition coefficient (Wildman–Crippen LogP) is 2.16. The number of ether oxygens (including phenoxy) is 1. The van der Waals surface area contributed by atoms with Gasteiger partial charge in [0.2, 0.25) is 0 Å². The van der Waals surface area contributed by atoms with Gasteiger partial charge in [0, 0.05) is 11.2 Å². The van der Waals surface area contributed by atoms with E-state index in [1.165, 1.54) is 0 Å². The van der Waals surface area contributed by atoms with Crippen molar-refractivity contribution in [3.63, 3.8) is 0 Å². The molecule has 2 aromatic rings. The van der Waals surface area contributed by atoms with Crippen molar-refractivity contribution in [2.45, 2.75) is 6.42 Å². The topological polar surface area (TPSA) is 64.3 Å². The molecular formula is C12H11ClN2O3. The largest absolute Gasteiger partial charge is 0.494 e.